The van der Waals surface area contributed by atoms with Gasteiger partial charge in [0.2, 0.25) is 0 Å². The molecule has 3 N–H and O–H groups in total. The Morgan fingerprint density at radius 2 is 2.22 bits per heavy atom. The SMILES string of the molecule is Cc1cc[nH]n1.OBO. The number of hydrogen-bond donors (Lipinski definition) is 3. The van der Waals surface area contributed by atoms with Gasteiger partial charge in [0.25, 0.3) is 0 Å². The van der Waals surface area contributed by atoms with Crippen LogP contribution in [0.1, 0.15) is 5.69 Å². The molecule has 4 nitrogen and oxygen atoms in total. The maximum Gasteiger partial charge on any atom is 0.432 e. The smallest absolute Gasteiger partial charge is 0.430 e. The fourth-order valence-corrected chi connectivity index (χ4v) is 0.334. The first-order valence-corrected chi connectivity index (χ1v) is 2.49. The zero-order valence-electron chi connectivity index (χ0n) is 5.20. The van der Waals surface area contributed by atoms with Crippen molar-refractivity contribution in [3.05, 3.63) is 18.0 Å². The fraction of sp³-hybridized carbons (Fsp3) is 0.250. The molecule has 0 saturated carbocycles. The van der Waals surface area contributed by atoms with Gasteiger partial charge in [-0.15, -0.1) is 0 Å². The molecular formula is C4H9BN2O2. The Bertz CT molecular complexity index is 131. The highest BCUT2D eigenvalue weighted by Gasteiger charge is 1.74. The summed E-state index contributed by atoms with van der Waals surface area (Å²) in [5.74, 6) is 0. The molecule has 0 aliphatic rings. The minimum atomic E-state index is -0.750. The number of aryl methyl sites for hydroxylation is 1. The highest BCUT2D eigenvalue weighted by molar-refractivity contribution is 6.13. The maximum atomic E-state index is 7.12. The summed E-state index contributed by atoms with van der Waals surface area (Å²) in [5, 5.41) is 20.7. The summed E-state index contributed by atoms with van der Waals surface area (Å²) >= 11 is 0. The van der Waals surface area contributed by atoms with Crippen molar-refractivity contribution < 1.29 is 10.0 Å². The predicted octanol–water partition coefficient (Wildman–Crippen LogP) is -1.04. The van der Waals surface area contributed by atoms with Crippen molar-refractivity contribution in [1.82, 2.24) is 10.2 Å². The summed E-state index contributed by atoms with van der Waals surface area (Å²) < 4.78 is 0. The highest BCUT2D eigenvalue weighted by Crippen LogP contribution is 1.82. The number of nitrogens with zero attached hydrogens (tertiary/aromatic N) is 1. The molecule has 1 aromatic rings. The summed E-state index contributed by atoms with van der Waals surface area (Å²) in [6, 6.07) is 1.92. The molecular weight excluding hydrogens is 119 g/mol. The van der Waals surface area contributed by atoms with Gasteiger partial charge in [-0.25, -0.2) is 0 Å². The van der Waals surface area contributed by atoms with Crippen LogP contribution in [0.4, 0.5) is 0 Å². The molecule has 5 heteroatoms. The molecule has 0 aliphatic carbocycles. The lowest BCUT2D eigenvalue weighted by atomic mass is 10.5. The van der Waals surface area contributed by atoms with Gasteiger partial charge in [0, 0.05) is 6.20 Å². The molecule has 0 bridgehead atoms. The van der Waals surface area contributed by atoms with E-state index in [-0.39, 0.29) is 0 Å². The Hall–Kier alpha value is -0.805. The number of hydrogen-bond acceptors (Lipinski definition) is 3. The molecule has 0 unspecified atom stereocenters. The molecule has 1 aromatic heterocycles. The topological polar surface area (TPSA) is 69.1 Å². The van der Waals surface area contributed by atoms with Gasteiger partial charge in [0.15, 0.2) is 0 Å². The van der Waals surface area contributed by atoms with Gasteiger partial charge in [0.05, 0.1) is 5.69 Å². The summed E-state index contributed by atoms with van der Waals surface area (Å²) in [6.45, 7) is 1.94. The Balaban J connectivity index is 0.000000187. The average Bonchev–Trinajstić information content (AvgIpc) is 2.20. The van der Waals surface area contributed by atoms with Gasteiger partial charge in [-0.3, -0.25) is 5.10 Å². The number of aromatic nitrogens is 2. The van der Waals surface area contributed by atoms with Crippen LogP contribution in [0.2, 0.25) is 0 Å². The largest absolute Gasteiger partial charge is 0.432 e. The van der Waals surface area contributed by atoms with Crippen molar-refractivity contribution in [3.8, 4) is 0 Å². The quantitative estimate of drug-likeness (QED) is 0.390. The van der Waals surface area contributed by atoms with E-state index in [4.69, 9.17) is 10.0 Å². The third-order valence-electron chi connectivity index (χ3n) is 0.640. The van der Waals surface area contributed by atoms with Crippen LogP contribution in [-0.2, 0) is 0 Å². The average molecular weight is 128 g/mol. The van der Waals surface area contributed by atoms with Crippen molar-refractivity contribution >= 4 is 7.69 Å². The van der Waals surface area contributed by atoms with E-state index in [0.717, 1.165) is 5.69 Å². The summed E-state index contributed by atoms with van der Waals surface area (Å²) in [5.41, 5.74) is 1.04. The van der Waals surface area contributed by atoms with Crippen LogP contribution in [0.3, 0.4) is 0 Å². The number of aromatic amines is 1. The molecule has 0 saturated heterocycles. The van der Waals surface area contributed by atoms with Crippen molar-refractivity contribution in [2.45, 2.75) is 6.92 Å². The first-order chi connectivity index (χ1) is 4.31. The second-order valence-electron chi connectivity index (χ2n) is 1.36. The van der Waals surface area contributed by atoms with Crippen molar-refractivity contribution in [2.75, 3.05) is 0 Å². The molecule has 0 radical (unpaired) electrons. The van der Waals surface area contributed by atoms with E-state index in [1.54, 1.807) is 6.20 Å². The first-order valence-electron chi connectivity index (χ1n) is 2.49. The predicted molar refractivity (Wildman–Crippen MR) is 34.9 cm³/mol. The number of rotatable bonds is 0. The van der Waals surface area contributed by atoms with Crippen molar-refractivity contribution in [1.29, 1.82) is 0 Å². The molecule has 9 heavy (non-hydrogen) atoms. The monoisotopic (exact) mass is 128 g/mol. The van der Waals surface area contributed by atoms with Crippen LogP contribution < -0.4 is 0 Å². The van der Waals surface area contributed by atoms with E-state index in [2.05, 4.69) is 10.2 Å². The van der Waals surface area contributed by atoms with Gasteiger partial charge in [0.1, 0.15) is 0 Å². The van der Waals surface area contributed by atoms with E-state index >= 15 is 0 Å². The van der Waals surface area contributed by atoms with E-state index in [0.29, 0.717) is 0 Å². The highest BCUT2D eigenvalue weighted by atomic mass is 16.4. The molecule has 0 atom stereocenters. The lowest BCUT2D eigenvalue weighted by Crippen LogP contribution is -1.75. The van der Waals surface area contributed by atoms with Gasteiger partial charge >= 0.3 is 7.69 Å². The van der Waals surface area contributed by atoms with Crippen LogP contribution in [-0.4, -0.2) is 27.9 Å². The standard InChI is InChI=1S/C4H6N2.BH3O2/c1-4-2-3-5-6-4;2-1-3/h2-3H,1H3,(H,5,6);1-3H. The lowest BCUT2D eigenvalue weighted by Gasteiger charge is -1.65. The second kappa shape index (κ2) is 5.33. The third kappa shape index (κ3) is 5.06. The van der Waals surface area contributed by atoms with Crippen molar-refractivity contribution in [3.63, 3.8) is 0 Å². The molecule has 50 valence electrons. The zero-order valence-corrected chi connectivity index (χ0v) is 5.20. The van der Waals surface area contributed by atoms with E-state index in [1.165, 1.54) is 0 Å². The minimum Gasteiger partial charge on any atom is -0.430 e. The van der Waals surface area contributed by atoms with Gasteiger partial charge < -0.3 is 10.0 Å². The first kappa shape index (κ1) is 8.19. The van der Waals surface area contributed by atoms with Gasteiger partial charge in [-0.1, -0.05) is 0 Å². The summed E-state index contributed by atoms with van der Waals surface area (Å²) in [6.07, 6.45) is 1.80. The maximum absolute atomic E-state index is 7.12. The van der Waals surface area contributed by atoms with Crippen LogP contribution in [0.25, 0.3) is 0 Å². The van der Waals surface area contributed by atoms with Crippen LogP contribution in [0, 0.1) is 6.92 Å². The van der Waals surface area contributed by atoms with E-state index in [1.807, 2.05) is 13.0 Å². The zero-order chi connectivity index (χ0) is 7.11. The van der Waals surface area contributed by atoms with Gasteiger partial charge in [-0.05, 0) is 13.0 Å². The number of nitrogens with one attached hydrogen (secondary N) is 1. The van der Waals surface area contributed by atoms with Crippen LogP contribution >= 0.6 is 0 Å². The summed E-state index contributed by atoms with van der Waals surface area (Å²) in [4.78, 5) is 0. The molecule has 1 rings (SSSR count). The molecule has 0 aliphatic heterocycles. The number of H-pyrrole nitrogens is 1. The Morgan fingerprint density at radius 1 is 1.67 bits per heavy atom. The Morgan fingerprint density at radius 3 is 2.33 bits per heavy atom. The van der Waals surface area contributed by atoms with Crippen LogP contribution in [0.5, 0.6) is 0 Å². The van der Waals surface area contributed by atoms with Crippen molar-refractivity contribution in [2.24, 2.45) is 0 Å². The van der Waals surface area contributed by atoms with Crippen LogP contribution in [0.15, 0.2) is 12.3 Å². The lowest BCUT2D eigenvalue weighted by molar-refractivity contribution is 0.448. The third-order valence-corrected chi connectivity index (χ3v) is 0.640. The Labute approximate surface area is 53.8 Å². The summed E-state index contributed by atoms with van der Waals surface area (Å²) in [7, 11) is -0.750. The van der Waals surface area contributed by atoms with Gasteiger partial charge in [-0.2, -0.15) is 5.10 Å². The fourth-order valence-electron chi connectivity index (χ4n) is 0.334. The normalized spacial score (nSPS) is 7.44. The molecule has 0 spiro atoms. The molecule has 1 heterocycles. The molecule has 0 aromatic carbocycles. The Kier molecular flexibility index (Phi) is 4.86. The minimum absolute atomic E-state index is 0.750. The van der Waals surface area contributed by atoms with E-state index < -0.39 is 7.69 Å². The molecule has 0 fully saturated rings. The molecule has 0 amide bonds. The van der Waals surface area contributed by atoms with E-state index in [9.17, 15) is 0 Å². The second-order valence-corrected chi connectivity index (χ2v) is 1.36.